The van der Waals surface area contributed by atoms with E-state index in [1.165, 1.54) is 11.3 Å². The van der Waals surface area contributed by atoms with Gasteiger partial charge in [-0.05, 0) is 59.0 Å². The molecular weight excluding hydrogens is 366 g/mol. The van der Waals surface area contributed by atoms with E-state index in [0.717, 1.165) is 46.8 Å². The molecule has 5 nitrogen and oxygen atoms in total. The third-order valence-electron chi connectivity index (χ3n) is 6.01. The SMILES string of the molecule is COc1cc2cc3c(c(-c4ccc5c(c4)N(C)CCC5)c2cc1OC)C(=O)OC3. The molecule has 5 rings (SSSR count). The number of hydrogen-bond acceptors (Lipinski definition) is 5. The molecule has 2 aliphatic rings. The molecule has 0 bridgehead atoms. The average molecular weight is 389 g/mol. The molecule has 2 aliphatic heterocycles. The molecule has 0 N–H and O–H groups in total. The Morgan fingerprint density at radius 1 is 0.966 bits per heavy atom. The van der Waals surface area contributed by atoms with Crippen LogP contribution >= 0.6 is 0 Å². The van der Waals surface area contributed by atoms with Gasteiger partial charge in [0.1, 0.15) is 6.61 Å². The lowest BCUT2D eigenvalue weighted by Gasteiger charge is -2.28. The van der Waals surface area contributed by atoms with Gasteiger partial charge in [-0.1, -0.05) is 12.1 Å². The van der Waals surface area contributed by atoms with E-state index in [9.17, 15) is 4.79 Å². The number of benzene rings is 3. The van der Waals surface area contributed by atoms with Gasteiger partial charge in [0.05, 0.1) is 19.8 Å². The number of nitrogens with zero attached hydrogens (tertiary/aromatic N) is 1. The number of cyclic esters (lactones) is 1. The van der Waals surface area contributed by atoms with Crippen molar-refractivity contribution < 1.29 is 19.0 Å². The Labute approximate surface area is 169 Å². The predicted molar refractivity (Wildman–Crippen MR) is 113 cm³/mol. The number of methoxy groups -OCH3 is 2. The second kappa shape index (κ2) is 6.69. The van der Waals surface area contributed by atoms with E-state index >= 15 is 0 Å². The molecule has 0 fully saturated rings. The second-order valence-electron chi connectivity index (χ2n) is 7.66. The minimum Gasteiger partial charge on any atom is -0.493 e. The van der Waals surface area contributed by atoms with Crippen molar-refractivity contribution in [1.82, 2.24) is 0 Å². The van der Waals surface area contributed by atoms with Gasteiger partial charge in [-0.3, -0.25) is 0 Å². The average Bonchev–Trinajstić information content (AvgIpc) is 3.11. The van der Waals surface area contributed by atoms with Crippen LogP contribution in [-0.4, -0.2) is 33.8 Å². The van der Waals surface area contributed by atoms with E-state index in [0.29, 0.717) is 23.7 Å². The molecule has 0 unspecified atom stereocenters. The molecule has 3 aromatic carbocycles. The lowest BCUT2D eigenvalue weighted by molar-refractivity contribution is 0.0535. The molecule has 29 heavy (non-hydrogen) atoms. The van der Waals surface area contributed by atoms with E-state index in [2.05, 4.69) is 30.1 Å². The van der Waals surface area contributed by atoms with Gasteiger partial charge in [0, 0.05) is 30.4 Å². The maximum absolute atomic E-state index is 12.6. The summed E-state index contributed by atoms with van der Waals surface area (Å²) in [6, 6.07) is 12.4. The van der Waals surface area contributed by atoms with Crippen molar-refractivity contribution in [3.05, 3.63) is 53.1 Å². The summed E-state index contributed by atoms with van der Waals surface area (Å²) >= 11 is 0. The number of hydrogen-bond donors (Lipinski definition) is 0. The minimum atomic E-state index is -0.266. The fraction of sp³-hybridized carbons (Fsp3) is 0.292. The lowest BCUT2D eigenvalue weighted by atomic mass is 9.88. The Morgan fingerprint density at radius 2 is 1.76 bits per heavy atom. The molecule has 0 saturated carbocycles. The number of carbonyl (C=O) groups is 1. The van der Waals surface area contributed by atoms with E-state index in [1.54, 1.807) is 14.2 Å². The number of aryl methyl sites for hydroxylation is 1. The summed E-state index contributed by atoms with van der Waals surface area (Å²) in [5.74, 6) is 1.04. The summed E-state index contributed by atoms with van der Waals surface area (Å²) in [6.45, 7) is 1.34. The molecule has 0 aromatic heterocycles. The highest BCUT2D eigenvalue weighted by Gasteiger charge is 2.29. The van der Waals surface area contributed by atoms with Crippen molar-refractivity contribution in [3.8, 4) is 22.6 Å². The third kappa shape index (κ3) is 2.72. The highest BCUT2D eigenvalue weighted by molar-refractivity contribution is 6.11. The van der Waals surface area contributed by atoms with Crippen molar-refractivity contribution in [2.75, 3.05) is 32.7 Å². The smallest absolute Gasteiger partial charge is 0.339 e. The Morgan fingerprint density at radius 3 is 2.55 bits per heavy atom. The van der Waals surface area contributed by atoms with Gasteiger partial charge >= 0.3 is 5.97 Å². The molecule has 3 aromatic rings. The standard InChI is InChI=1S/C24H23NO4/c1-25-8-4-5-14-6-7-15(10-19(14)25)22-18-12-21(28-3)20(27-2)11-16(18)9-17-13-29-24(26)23(17)22/h6-7,9-12H,4-5,8,13H2,1-3H3. The van der Waals surface area contributed by atoms with Crippen molar-refractivity contribution in [2.45, 2.75) is 19.4 Å². The first kappa shape index (κ1) is 17.9. The predicted octanol–water partition coefficient (Wildman–Crippen LogP) is 4.58. The molecule has 0 atom stereocenters. The largest absolute Gasteiger partial charge is 0.493 e. The number of ether oxygens (including phenoxy) is 3. The zero-order valence-electron chi connectivity index (χ0n) is 16.9. The fourth-order valence-corrected chi connectivity index (χ4v) is 4.56. The van der Waals surface area contributed by atoms with Crippen molar-refractivity contribution in [1.29, 1.82) is 0 Å². The first-order chi connectivity index (χ1) is 14.1. The summed E-state index contributed by atoms with van der Waals surface area (Å²) in [7, 11) is 5.38. The first-order valence-corrected chi connectivity index (χ1v) is 9.84. The van der Waals surface area contributed by atoms with Gasteiger partial charge in [-0.25, -0.2) is 4.79 Å². The van der Waals surface area contributed by atoms with Crippen LogP contribution < -0.4 is 14.4 Å². The summed E-state index contributed by atoms with van der Waals surface area (Å²) in [5.41, 5.74) is 6.07. The normalized spacial score (nSPS) is 15.1. The maximum atomic E-state index is 12.6. The van der Waals surface area contributed by atoms with Crippen molar-refractivity contribution >= 4 is 22.4 Å². The van der Waals surface area contributed by atoms with Crippen LogP contribution in [-0.2, 0) is 17.8 Å². The number of rotatable bonds is 3. The van der Waals surface area contributed by atoms with Gasteiger partial charge in [0.25, 0.3) is 0 Å². The quantitative estimate of drug-likeness (QED) is 0.614. The molecular formula is C24H23NO4. The summed E-state index contributed by atoms with van der Waals surface area (Å²) in [6.07, 6.45) is 2.25. The fourth-order valence-electron chi connectivity index (χ4n) is 4.56. The van der Waals surface area contributed by atoms with E-state index in [-0.39, 0.29) is 5.97 Å². The van der Waals surface area contributed by atoms with E-state index < -0.39 is 0 Å². The van der Waals surface area contributed by atoms with Gasteiger partial charge in [0.15, 0.2) is 11.5 Å². The molecule has 148 valence electrons. The van der Waals surface area contributed by atoms with Gasteiger partial charge in [-0.2, -0.15) is 0 Å². The molecule has 0 saturated heterocycles. The van der Waals surface area contributed by atoms with Gasteiger partial charge < -0.3 is 19.1 Å². The van der Waals surface area contributed by atoms with Crippen molar-refractivity contribution in [3.63, 3.8) is 0 Å². The van der Waals surface area contributed by atoms with E-state index in [1.807, 2.05) is 18.2 Å². The van der Waals surface area contributed by atoms with Crippen LogP contribution in [0.5, 0.6) is 11.5 Å². The third-order valence-corrected chi connectivity index (χ3v) is 6.01. The first-order valence-electron chi connectivity index (χ1n) is 9.84. The Kier molecular flexibility index (Phi) is 4.12. The number of anilines is 1. The summed E-state index contributed by atoms with van der Waals surface area (Å²) in [5, 5.41) is 1.96. The Hall–Kier alpha value is -3.21. The molecule has 0 amide bonds. The highest BCUT2D eigenvalue weighted by atomic mass is 16.5. The van der Waals surface area contributed by atoms with Crippen LogP contribution in [0.4, 0.5) is 5.69 Å². The summed E-state index contributed by atoms with van der Waals surface area (Å²) in [4.78, 5) is 14.9. The van der Waals surface area contributed by atoms with Crippen molar-refractivity contribution in [2.24, 2.45) is 0 Å². The maximum Gasteiger partial charge on any atom is 0.339 e. The van der Waals surface area contributed by atoms with Crippen LogP contribution in [0, 0.1) is 0 Å². The van der Waals surface area contributed by atoms with Gasteiger partial charge in [-0.15, -0.1) is 0 Å². The number of fused-ring (bicyclic) bond motifs is 3. The van der Waals surface area contributed by atoms with E-state index in [4.69, 9.17) is 14.2 Å². The van der Waals surface area contributed by atoms with Crippen LogP contribution in [0.2, 0.25) is 0 Å². The number of carbonyl (C=O) groups excluding carboxylic acids is 1. The second-order valence-corrected chi connectivity index (χ2v) is 7.66. The minimum absolute atomic E-state index is 0.266. The van der Waals surface area contributed by atoms with Crippen LogP contribution in [0.15, 0.2) is 36.4 Å². The Bertz CT molecular complexity index is 1150. The molecule has 0 radical (unpaired) electrons. The molecule has 5 heteroatoms. The monoisotopic (exact) mass is 389 g/mol. The zero-order chi connectivity index (χ0) is 20.1. The van der Waals surface area contributed by atoms with Gasteiger partial charge in [0.2, 0.25) is 0 Å². The number of esters is 1. The molecule has 0 spiro atoms. The Balaban J connectivity index is 1.83. The summed E-state index contributed by atoms with van der Waals surface area (Å²) < 4.78 is 16.4. The molecule has 0 aliphatic carbocycles. The van der Waals surface area contributed by atoms with Crippen LogP contribution in [0.1, 0.15) is 27.9 Å². The molecule has 2 heterocycles. The van der Waals surface area contributed by atoms with Crippen LogP contribution in [0.25, 0.3) is 21.9 Å². The lowest BCUT2D eigenvalue weighted by Crippen LogP contribution is -2.24. The van der Waals surface area contributed by atoms with Crippen LogP contribution in [0.3, 0.4) is 0 Å². The zero-order valence-corrected chi connectivity index (χ0v) is 16.9. The topological polar surface area (TPSA) is 48.0 Å². The highest BCUT2D eigenvalue weighted by Crippen LogP contribution is 2.43.